The van der Waals surface area contributed by atoms with Crippen LogP contribution in [0.25, 0.3) is 5.57 Å². The fourth-order valence-electron chi connectivity index (χ4n) is 2.91. The molecule has 9 heteroatoms. The van der Waals surface area contributed by atoms with E-state index in [0.29, 0.717) is 17.0 Å². The first kappa shape index (κ1) is 22.0. The molecule has 0 amide bonds. The first-order chi connectivity index (χ1) is 13.3. The summed E-state index contributed by atoms with van der Waals surface area (Å²) in [7, 11) is 1.39. The van der Waals surface area contributed by atoms with E-state index in [-0.39, 0.29) is 23.7 Å². The predicted octanol–water partition coefficient (Wildman–Crippen LogP) is 3.79. The third-order valence-corrected chi connectivity index (χ3v) is 4.36. The van der Waals surface area contributed by atoms with Gasteiger partial charge < -0.3 is 24.2 Å². The molecule has 1 aliphatic heterocycles. The van der Waals surface area contributed by atoms with Crippen molar-refractivity contribution in [1.29, 1.82) is 0 Å². The molecule has 1 aromatic carbocycles. The van der Waals surface area contributed by atoms with Gasteiger partial charge in [-0.15, -0.1) is 0 Å². The van der Waals surface area contributed by atoms with Gasteiger partial charge in [0.2, 0.25) is 0 Å². The van der Waals surface area contributed by atoms with Gasteiger partial charge in [-0.25, -0.2) is 4.79 Å². The second-order valence-corrected chi connectivity index (χ2v) is 6.27. The Morgan fingerprint density at radius 3 is 2.64 bits per heavy atom. The smallest absolute Gasteiger partial charge is 0.387 e. The minimum absolute atomic E-state index is 0.119. The summed E-state index contributed by atoms with van der Waals surface area (Å²) in [5.41, 5.74) is 0.534. The Bertz CT molecular complexity index is 769. The van der Waals surface area contributed by atoms with Crippen LogP contribution < -0.4 is 4.74 Å². The molecular weight excluding hydrogens is 396 g/mol. The van der Waals surface area contributed by atoms with E-state index in [1.54, 1.807) is 13.8 Å². The zero-order valence-electron chi connectivity index (χ0n) is 15.7. The first-order valence-electron chi connectivity index (χ1n) is 8.67. The lowest BCUT2D eigenvalue weighted by Gasteiger charge is -2.35. The third-order valence-electron chi connectivity index (χ3n) is 4.13. The standard InChI is InChI=1S/C19H22ClF2NO5/c1-4-14(18(25)27-5-2)23-10-16(26-3)13(9-17(23)24)12-8-11(20)6-7-15(12)28-19(21)22/h6-10,14,17,19,24H,4-5H2,1-3H3. The molecule has 2 rings (SSSR count). The van der Waals surface area contributed by atoms with Gasteiger partial charge in [0.15, 0.2) is 0 Å². The van der Waals surface area contributed by atoms with E-state index in [2.05, 4.69) is 4.74 Å². The van der Waals surface area contributed by atoms with Gasteiger partial charge >= 0.3 is 12.6 Å². The highest BCUT2D eigenvalue weighted by molar-refractivity contribution is 6.30. The van der Waals surface area contributed by atoms with Crippen molar-refractivity contribution in [3.8, 4) is 5.75 Å². The van der Waals surface area contributed by atoms with Crippen molar-refractivity contribution in [3.63, 3.8) is 0 Å². The highest BCUT2D eigenvalue weighted by Gasteiger charge is 2.32. The van der Waals surface area contributed by atoms with E-state index in [4.69, 9.17) is 21.1 Å². The average molecular weight is 418 g/mol. The van der Waals surface area contributed by atoms with Crippen molar-refractivity contribution in [2.75, 3.05) is 13.7 Å². The summed E-state index contributed by atoms with van der Waals surface area (Å²) in [6, 6.07) is 3.42. The maximum absolute atomic E-state index is 12.8. The maximum Gasteiger partial charge on any atom is 0.387 e. The Morgan fingerprint density at radius 1 is 1.36 bits per heavy atom. The molecule has 1 aliphatic rings. The van der Waals surface area contributed by atoms with Crippen LogP contribution in [-0.2, 0) is 14.3 Å². The van der Waals surface area contributed by atoms with E-state index < -0.39 is 24.9 Å². The number of carbonyl (C=O) groups excluding carboxylic acids is 1. The van der Waals surface area contributed by atoms with Gasteiger partial charge in [0.05, 0.1) is 13.7 Å². The number of nitrogens with zero attached hydrogens (tertiary/aromatic N) is 1. The summed E-state index contributed by atoms with van der Waals surface area (Å²) in [6.45, 7) is 0.640. The molecule has 0 radical (unpaired) electrons. The average Bonchev–Trinajstić information content (AvgIpc) is 2.64. The summed E-state index contributed by atoms with van der Waals surface area (Å²) < 4.78 is 40.5. The molecule has 0 aromatic heterocycles. The number of methoxy groups -OCH3 is 1. The molecule has 0 fully saturated rings. The summed E-state index contributed by atoms with van der Waals surface area (Å²) >= 11 is 6.01. The number of rotatable bonds is 8. The van der Waals surface area contributed by atoms with Crippen molar-refractivity contribution in [1.82, 2.24) is 4.90 Å². The Hall–Kier alpha value is -2.32. The van der Waals surface area contributed by atoms with Crippen LogP contribution in [0.2, 0.25) is 5.02 Å². The van der Waals surface area contributed by atoms with Gasteiger partial charge in [0.25, 0.3) is 0 Å². The first-order valence-corrected chi connectivity index (χ1v) is 9.05. The SMILES string of the molecule is CCOC(=O)C(CC)N1C=C(OC)C(c2cc(Cl)ccc2OC(F)F)=CC1O. The van der Waals surface area contributed by atoms with E-state index >= 15 is 0 Å². The molecule has 1 aromatic rings. The maximum atomic E-state index is 12.8. The van der Waals surface area contributed by atoms with Crippen molar-refractivity contribution < 1.29 is 32.9 Å². The van der Waals surface area contributed by atoms with Crippen LogP contribution in [0, 0.1) is 0 Å². The minimum atomic E-state index is -3.03. The molecule has 154 valence electrons. The molecule has 0 saturated carbocycles. The van der Waals surface area contributed by atoms with Crippen molar-refractivity contribution in [2.24, 2.45) is 0 Å². The number of alkyl halides is 2. The van der Waals surface area contributed by atoms with Gasteiger partial charge in [0, 0.05) is 22.4 Å². The monoisotopic (exact) mass is 417 g/mol. The third kappa shape index (κ3) is 4.94. The number of hydrogen-bond acceptors (Lipinski definition) is 6. The lowest BCUT2D eigenvalue weighted by molar-refractivity contribution is -0.151. The molecular formula is C19H22ClF2NO5. The van der Waals surface area contributed by atoms with Crippen molar-refractivity contribution in [3.05, 3.63) is 46.8 Å². The highest BCUT2D eigenvalue weighted by atomic mass is 35.5. The Labute approximate surface area is 166 Å². The molecule has 28 heavy (non-hydrogen) atoms. The lowest BCUT2D eigenvalue weighted by Crippen LogP contribution is -2.45. The van der Waals surface area contributed by atoms with E-state index in [9.17, 15) is 18.7 Å². The van der Waals surface area contributed by atoms with Crippen LogP contribution in [0.5, 0.6) is 5.75 Å². The quantitative estimate of drug-likeness (QED) is 0.649. The summed E-state index contributed by atoms with van der Waals surface area (Å²) in [4.78, 5) is 13.6. The largest absolute Gasteiger partial charge is 0.495 e. The van der Waals surface area contributed by atoms with Gasteiger partial charge in [-0.3, -0.25) is 0 Å². The number of carbonyl (C=O) groups is 1. The van der Waals surface area contributed by atoms with E-state index in [0.717, 1.165) is 0 Å². The van der Waals surface area contributed by atoms with Crippen LogP contribution in [0.3, 0.4) is 0 Å². The lowest BCUT2D eigenvalue weighted by atomic mass is 9.99. The fraction of sp³-hybridized carbons (Fsp3) is 0.421. The number of ether oxygens (including phenoxy) is 3. The normalized spacial score (nSPS) is 17.7. The predicted molar refractivity (Wildman–Crippen MR) is 99.7 cm³/mol. The molecule has 0 aliphatic carbocycles. The Balaban J connectivity index is 2.45. The van der Waals surface area contributed by atoms with Crippen molar-refractivity contribution >= 4 is 23.1 Å². The van der Waals surface area contributed by atoms with Gasteiger partial charge in [-0.1, -0.05) is 18.5 Å². The zero-order chi connectivity index (χ0) is 20.8. The number of esters is 1. The topological polar surface area (TPSA) is 68.2 Å². The number of hydrogen-bond donors (Lipinski definition) is 1. The minimum Gasteiger partial charge on any atom is -0.495 e. The van der Waals surface area contributed by atoms with Crippen LogP contribution >= 0.6 is 11.6 Å². The molecule has 0 saturated heterocycles. The second kappa shape index (κ2) is 9.75. The van der Waals surface area contributed by atoms with Crippen LogP contribution in [0.1, 0.15) is 25.8 Å². The molecule has 2 unspecified atom stereocenters. The summed E-state index contributed by atoms with van der Waals surface area (Å²) in [5.74, 6) is -0.363. The molecule has 6 nitrogen and oxygen atoms in total. The molecule has 1 heterocycles. The van der Waals surface area contributed by atoms with Crippen LogP contribution in [-0.4, -0.2) is 48.6 Å². The highest BCUT2D eigenvalue weighted by Crippen LogP contribution is 2.37. The summed E-state index contributed by atoms with van der Waals surface area (Å²) in [6.07, 6.45) is 1.98. The van der Waals surface area contributed by atoms with Crippen LogP contribution in [0.4, 0.5) is 8.78 Å². The fourth-order valence-corrected chi connectivity index (χ4v) is 3.08. The zero-order valence-corrected chi connectivity index (χ0v) is 16.5. The van der Waals surface area contributed by atoms with Crippen LogP contribution in [0.15, 0.2) is 36.2 Å². The second-order valence-electron chi connectivity index (χ2n) is 5.83. The number of benzene rings is 1. The van der Waals surface area contributed by atoms with Crippen molar-refractivity contribution in [2.45, 2.75) is 39.1 Å². The summed E-state index contributed by atoms with van der Waals surface area (Å²) in [5, 5.41) is 10.9. The number of allylic oxidation sites excluding steroid dienone is 1. The number of halogens is 3. The number of aliphatic hydroxyl groups is 1. The molecule has 0 spiro atoms. The van der Waals surface area contributed by atoms with Gasteiger partial charge in [-0.05, 0) is 37.6 Å². The Kier molecular flexibility index (Phi) is 7.65. The Morgan fingerprint density at radius 2 is 2.07 bits per heavy atom. The molecule has 0 bridgehead atoms. The van der Waals surface area contributed by atoms with Gasteiger partial charge in [-0.2, -0.15) is 8.78 Å². The molecule has 2 atom stereocenters. The van der Waals surface area contributed by atoms with Gasteiger partial charge in [0.1, 0.15) is 23.8 Å². The van der Waals surface area contributed by atoms with E-state index in [1.165, 1.54) is 42.5 Å². The van der Waals surface area contributed by atoms with E-state index in [1.807, 2.05) is 0 Å². The number of aliphatic hydroxyl groups excluding tert-OH is 1. The molecule has 1 N–H and O–H groups in total.